The van der Waals surface area contributed by atoms with Crippen LogP contribution in [0.15, 0.2) is 24.3 Å². The van der Waals surface area contributed by atoms with Crippen LogP contribution in [0.25, 0.3) is 0 Å². The molecule has 0 aromatic heterocycles. The molecule has 3 aliphatic heterocycles. The molecule has 0 bridgehead atoms. The molecule has 13 atom stereocenters. The first-order valence-corrected chi connectivity index (χ1v) is 13.9. The van der Waals surface area contributed by atoms with Crippen molar-refractivity contribution in [3.8, 4) is 34.5 Å². The van der Waals surface area contributed by atoms with E-state index in [1.165, 1.54) is 0 Å². The lowest BCUT2D eigenvalue weighted by Crippen LogP contribution is -2.68. The lowest BCUT2D eigenvalue weighted by atomic mass is 9.84. The number of phenolic OH excluding ortho intramolecular Hbond substituents is 5. The number of aromatic hydroxyl groups is 5. The average molecular weight is 679 g/mol. The molecule has 2 aromatic rings. The fourth-order valence-electron chi connectivity index (χ4n) is 5.61. The van der Waals surface area contributed by atoms with Gasteiger partial charge in [0.15, 0.2) is 29.8 Å². The molecular formula is C27H34O20. The molecule has 3 heterocycles. The molecule has 0 aliphatic carbocycles. The normalized spacial score (nSPS) is 40.4. The number of fused-ring (bicyclic) bond motifs is 1. The summed E-state index contributed by atoms with van der Waals surface area (Å²) in [5.41, 5.74) is -1.52. The predicted octanol–water partition coefficient (Wildman–Crippen LogP) is -5.18. The molecule has 47 heavy (non-hydrogen) atoms. The van der Waals surface area contributed by atoms with Gasteiger partial charge in [0.2, 0.25) is 0 Å². The van der Waals surface area contributed by atoms with Crippen LogP contribution in [0.1, 0.15) is 17.2 Å². The summed E-state index contributed by atoms with van der Waals surface area (Å²) in [5.74, 6) is -12.6. The molecule has 15 N–H and O–H groups in total. The molecule has 0 amide bonds. The van der Waals surface area contributed by atoms with Crippen molar-refractivity contribution in [3.63, 3.8) is 0 Å². The molecule has 0 radical (unpaired) electrons. The molecular weight excluding hydrogens is 644 g/mol. The van der Waals surface area contributed by atoms with Gasteiger partial charge in [-0.2, -0.15) is 0 Å². The van der Waals surface area contributed by atoms with E-state index in [0.29, 0.717) is 18.2 Å². The maximum absolute atomic E-state index is 11.8. The molecule has 20 heteroatoms. The van der Waals surface area contributed by atoms with Crippen LogP contribution in [-0.2, 0) is 24.7 Å². The first kappa shape index (κ1) is 35.0. The second kappa shape index (κ2) is 12.6. The van der Waals surface area contributed by atoms with Gasteiger partial charge in [-0.3, -0.25) is 0 Å². The molecule has 5 rings (SSSR count). The van der Waals surface area contributed by atoms with Crippen molar-refractivity contribution in [2.24, 2.45) is 0 Å². The van der Waals surface area contributed by atoms with Crippen LogP contribution in [0, 0.1) is 0 Å². The largest absolute Gasteiger partial charge is 0.508 e. The lowest BCUT2D eigenvalue weighted by Gasteiger charge is -2.52. The van der Waals surface area contributed by atoms with Crippen LogP contribution in [0.5, 0.6) is 34.5 Å². The van der Waals surface area contributed by atoms with Crippen molar-refractivity contribution < 1.29 is 100 Å². The van der Waals surface area contributed by atoms with E-state index in [4.69, 9.17) is 23.7 Å². The van der Waals surface area contributed by atoms with Gasteiger partial charge in [0.1, 0.15) is 72.2 Å². The van der Waals surface area contributed by atoms with Gasteiger partial charge in [-0.05, 0) is 12.1 Å². The minimum atomic E-state index is -3.65. The third kappa shape index (κ3) is 5.66. The maximum Gasteiger partial charge on any atom is 0.293 e. The summed E-state index contributed by atoms with van der Waals surface area (Å²) < 4.78 is 27.0. The molecule has 0 spiro atoms. The van der Waals surface area contributed by atoms with Gasteiger partial charge in [-0.25, -0.2) is 0 Å². The zero-order chi connectivity index (χ0) is 34.7. The van der Waals surface area contributed by atoms with E-state index in [2.05, 4.69) is 0 Å². The highest BCUT2D eigenvalue weighted by atomic mass is 16.8. The summed E-state index contributed by atoms with van der Waals surface area (Å²) in [4.78, 5) is 0. The maximum atomic E-state index is 11.8. The Bertz CT molecular complexity index is 1430. The summed E-state index contributed by atoms with van der Waals surface area (Å²) >= 11 is 0. The first-order chi connectivity index (χ1) is 22.0. The van der Waals surface area contributed by atoms with Crippen molar-refractivity contribution in [1.82, 2.24) is 0 Å². The quantitative estimate of drug-likeness (QED) is 0.0961. The van der Waals surface area contributed by atoms with Crippen molar-refractivity contribution in [3.05, 3.63) is 35.4 Å². The summed E-state index contributed by atoms with van der Waals surface area (Å²) in [6.07, 6.45) is -22.0. The van der Waals surface area contributed by atoms with E-state index >= 15 is 0 Å². The highest BCUT2D eigenvalue weighted by Gasteiger charge is 2.66. The summed E-state index contributed by atoms with van der Waals surface area (Å²) in [5, 5.41) is 157. The standard InChI is InChI=1S/C27H34O20/c28-5-13-17(35)18(36)20(38)24(43-13)45-22-14(6-29)44-25(21(39)19(22)37)47-27(42)23(40)15-9(31)3-8(30)4-12(15)46-26(27,41)7-1-10(32)16(34)11(33)2-7/h1-4,13-14,17-25,28-42H,5-6H2/t13-,14-,17+,18+,19-,20-,21-,22-,23?,24+,25+,26?,27?/m1/s1. The number of rotatable bonds is 7. The van der Waals surface area contributed by atoms with Gasteiger partial charge in [-0.15, -0.1) is 0 Å². The number of benzene rings is 2. The molecule has 2 fully saturated rings. The number of hydrogen-bond acceptors (Lipinski definition) is 20. The zero-order valence-corrected chi connectivity index (χ0v) is 23.8. The van der Waals surface area contributed by atoms with Gasteiger partial charge in [0.05, 0.1) is 18.8 Å². The SMILES string of the molecule is OC[C@H]1O[C@@H](O[C@H]2[C@H](O)[C@@H](O)[C@H](OC3(O)C(O)c4c(O)cc(O)cc4OC3(O)c3cc(O)c(O)c(O)c3)O[C@@H]2CO)[C@H](O)[C@@H](O)[C@H]1O. The number of hydrogen-bond donors (Lipinski definition) is 15. The Balaban J connectivity index is 1.50. The number of phenols is 5. The number of aliphatic hydroxyl groups excluding tert-OH is 8. The molecule has 0 saturated carbocycles. The van der Waals surface area contributed by atoms with Crippen molar-refractivity contribution in [1.29, 1.82) is 0 Å². The lowest BCUT2D eigenvalue weighted by molar-refractivity contribution is -0.458. The van der Waals surface area contributed by atoms with Crippen LogP contribution in [0.4, 0.5) is 0 Å². The van der Waals surface area contributed by atoms with Crippen LogP contribution >= 0.6 is 0 Å². The topological polar surface area (TPSA) is 350 Å². The van der Waals surface area contributed by atoms with Crippen LogP contribution in [0.2, 0.25) is 0 Å². The third-order valence-corrected chi connectivity index (χ3v) is 8.21. The van der Waals surface area contributed by atoms with Gasteiger partial charge >= 0.3 is 0 Å². The Morgan fingerprint density at radius 3 is 1.83 bits per heavy atom. The average Bonchev–Trinajstić information content (AvgIpc) is 3.01. The fourth-order valence-corrected chi connectivity index (χ4v) is 5.61. The molecule has 3 aliphatic rings. The van der Waals surface area contributed by atoms with E-state index in [-0.39, 0.29) is 0 Å². The summed E-state index contributed by atoms with van der Waals surface area (Å²) in [7, 11) is 0. The van der Waals surface area contributed by atoms with Gasteiger partial charge in [-0.1, -0.05) is 0 Å². The minimum Gasteiger partial charge on any atom is -0.508 e. The summed E-state index contributed by atoms with van der Waals surface area (Å²) in [6.45, 7) is -1.88. The van der Waals surface area contributed by atoms with E-state index < -0.39 is 138 Å². The first-order valence-electron chi connectivity index (χ1n) is 13.9. The number of aliphatic hydroxyl groups is 10. The van der Waals surface area contributed by atoms with E-state index in [0.717, 1.165) is 6.07 Å². The van der Waals surface area contributed by atoms with Crippen molar-refractivity contribution in [2.45, 2.75) is 79.1 Å². The van der Waals surface area contributed by atoms with E-state index in [1.54, 1.807) is 0 Å². The highest BCUT2D eigenvalue weighted by molar-refractivity contribution is 5.56. The van der Waals surface area contributed by atoms with Gasteiger partial charge in [0.25, 0.3) is 11.6 Å². The minimum absolute atomic E-state index is 0.567. The number of ether oxygens (including phenoxy) is 5. The van der Waals surface area contributed by atoms with E-state index in [1.807, 2.05) is 0 Å². The molecule has 3 unspecified atom stereocenters. The van der Waals surface area contributed by atoms with Crippen molar-refractivity contribution in [2.75, 3.05) is 13.2 Å². The zero-order valence-electron chi connectivity index (χ0n) is 23.8. The third-order valence-electron chi connectivity index (χ3n) is 8.21. The van der Waals surface area contributed by atoms with Crippen LogP contribution in [-0.4, -0.2) is 157 Å². The fraction of sp³-hybridized carbons (Fsp3) is 0.556. The van der Waals surface area contributed by atoms with Crippen LogP contribution in [0.3, 0.4) is 0 Å². The Kier molecular flexibility index (Phi) is 9.39. The van der Waals surface area contributed by atoms with Gasteiger partial charge < -0.3 is 100 Å². The molecule has 2 saturated heterocycles. The Hall–Kier alpha value is -3.32. The Labute approximate surface area is 262 Å². The Morgan fingerprint density at radius 1 is 0.660 bits per heavy atom. The molecule has 2 aromatic carbocycles. The second-order valence-electron chi connectivity index (χ2n) is 11.2. The van der Waals surface area contributed by atoms with Crippen molar-refractivity contribution >= 4 is 0 Å². The van der Waals surface area contributed by atoms with Crippen LogP contribution < -0.4 is 4.74 Å². The monoisotopic (exact) mass is 678 g/mol. The smallest absolute Gasteiger partial charge is 0.293 e. The highest BCUT2D eigenvalue weighted by Crippen LogP contribution is 2.56. The second-order valence-corrected chi connectivity index (χ2v) is 11.2. The molecule has 20 nitrogen and oxygen atoms in total. The predicted molar refractivity (Wildman–Crippen MR) is 143 cm³/mol. The summed E-state index contributed by atoms with van der Waals surface area (Å²) in [6, 6.07) is 2.64. The van der Waals surface area contributed by atoms with E-state index in [9.17, 15) is 76.6 Å². The van der Waals surface area contributed by atoms with Gasteiger partial charge in [0, 0.05) is 17.7 Å². The molecule has 262 valence electrons. The Morgan fingerprint density at radius 2 is 1.23 bits per heavy atom.